The molecule has 0 radical (unpaired) electrons. The average molecular weight is 262 g/mol. The Morgan fingerprint density at radius 3 is 2.58 bits per heavy atom. The van der Waals surface area contributed by atoms with Gasteiger partial charge in [-0.25, -0.2) is 0 Å². The zero-order valence-corrected chi connectivity index (χ0v) is 10.7. The van der Waals surface area contributed by atoms with Gasteiger partial charge in [0.05, 0.1) is 6.54 Å². The maximum Gasteiger partial charge on any atom is 0.317 e. The van der Waals surface area contributed by atoms with E-state index in [4.69, 9.17) is 5.11 Å². The van der Waals surface area contributed by atoms with Gasteiger partial charge in [-0.1, -0.05) is 24.3 Å². The summed E-state index contributed by atoms with van der Waals surface area (Å²) in [6, 6.07) is 9.15. The first-order valence-electron chi connectivity index (χ1n) is 6.01. The van der Waals surface area contributed by atoms with Gasteiger partial charge in [-0.15, -0.1) is 6.58 Å². The van der Waals surface area contributed by atoms with Crippen molar-refractivity contribution in [3.05, 3.63) is 43.0 Å². The van der Waals surface area contributed by atoms with Crippen LogP contribution in [0.5, 0.6) is 0 Å². The minimum Gasteiger partial charge on any atom is -0.480 e. The normalized spacial score (nSPS) is 10.2. The number of benzene rings is 1. The number of carboxylic acids is 1. The lowest BCUT2D eigenvalue weighted by Gasteiger charge is -2.17. The van der Waals surface area contributed by atoms with E-state index in [1.807, 2.05) is 18.2 Å². The second-order valence-electron chi connectivity index (χ2n) is 4.08. The molecule has 1 aromatic rings. The number of carboxylic acid groups (broad SMARTS) is 1. The fraction of sp³-hybridized carbons (Fsp3) is 0.286. The number of carbonyl (C=O) groups is 2. The predicted molar refractivity (Wildman–Crippen MR) is 74.0 cm³/mol. The summed E-state index contributed by atoms with van der Waals surface area (Å²) in [5.74, 6) is -1.05. The summed E-state index contributed by atoms with van der Waals surface area (Å²) in [7, 11) is 0. The summed E-state index contributed by atoms with van der Waals surface area (Å²) in [6.45, 7) is 4.31. The Morgan fingerprint density at radius 2 is 2.00 bits per heavy atom. The molecule has 0 fully saturated rings. The molecule has 0 aliphatic carbocycles. The first-order valence-corrected chi connectivity index (χ1v) is 6.01. The molecule has 0 bridgehead atoms. The highest BCUT2D eigenvalue weighted by Gasteiger charge is 2.10. The molecule has 0 saturated carbocycles. The Labute approximate surface area is 112 Å². The van der Waals surface area contributed by atoms with Crippen molar-refractivity contribution in [3.63, 3.8) is 0 Å². The Bertz CT molecular complexity index is 432. The van der Waals surface area contributed by atoms with Crippen LogP contribution in [-0.2, 0) is 9.59 Å². The number of para-hydroxylation sites is 1. The van der Waals surface area contributed by atoms with E-state index in [1.165, 1.54) is 0 Å². The molecule has 1 aromatic carbocycles. The molecule has 5 nitrogen and oxygen atoms in total. The molecule has 2 N–H and O–H groups in total. The van der Waals surface area contributed by atoms with E-state index in [2.05, 4.69) is 11.9 Å². The minimum atomic E-state index is -0.912. The number of nitrogens with one attached hydrogen (secondary N) is 1. The second-order valence-corrected chi connectivity index (χ2v) is 4.08. The largest absolute Gasteiger partial charge is 0.480 e. The van der Waals surface area contributed by atoms with E-state index >= 15 is 0 Å². The number of rotatable bonds is 8. The van der Waals surface area contributed by atoms with Gasteiger partial charge in [-0.2, -0.15) is 0 Å². The SMILES string of the molecule is C=CCN(CCC(=O)Nc1ccccc1)CC(=O)O. The lowest BCUT2D eigenvalue weighted by Crippen LogP contribution is -2.32. The highest BCUT2D eigenvalue weighted by atomic mass is 16.4. The van der Waals surface area contributed by atoms with E-state index in [9.17, 15) is 9.59 Å². The topological polar surface area (TPSA) is 69.6 Å². The second kappa shape index (κ2) is 8.05. The molecular formula is C14H18N2O3. The zero-order chi connectivity index (χ0) is 14.1. The highest BCUT2D eigenvalue weighted by molar-refractivity contribution is 5.90. The number of hydrogen-bond acceptors (Lipinski definition) is 3. The van der Waals surface area contributed by atoms with Crippen LogP contribution in [0.25, 0.3) is 0 Å². The van der Waals surface area contributed by atoms with Crippen molar-refractivity contribution in [3.8, 4) is 0 Å². The van der Waals surface area contributed by atoms with Crippen molar-refractivity contribution in [2.75, 3.05) is 25.0 Å². The third-order valence-corrected chi connectivity index (χ3v) is 2.46. The molecule has 0 saturated heterocycles. The maximum absolute atomic E-state index is 11.7. The van der Waals surface area contributed by atoms with Crippen molar-refractivity contribution < 1.29 is 14.7 Å². The van der Waals surface area contributed by atoms with Crippen LogP contribution < -0.4 is 5.32 Å². The molecule has 1 amide bonds. The summed E-state index contributed by atoms with van der Waals surface area (Å²) in [5, 5.41) is 11.5. The third-order valence-electron chi connectivity index (χ3n) is 2.46. The van der Waals surface area contributed by atoms with Gasteiger partial charge in [0.2, 0.25) is 5.91 Å². The number of hydrogen-bond donors (Lipinski definition) is 2. The smallest absolute Gasteiger partial charge is 0.317 e. The number of aliphatic carboxylic acids is 1. The quantitative estimate of drug-likeness (QED) is 0.698. The molecule has 0 unspecified atom stereocenters. The highest BCUT2D eigenvalue weighted by Crippen LogP contribution is 2.05. The minimum absolute atomic E-state index is 0.0926. The lowest BCUT2D eigenvalue weighted by atomic mass is 10.3. The summed E-state index contributed by atoms with van der Waals surface area (Å²) in [4.78, 5) is 24.0. The van der Waals surface area contributed by atoms with Gasteiger partial charge in [0, 0.05) is 25.2 Å². The van der Waals surface area contributed by atoms with Crippen molar-refractivity contribution in [1.82, 2.24) is 4.90 Å². The molecule has 0 aliphatic rings. The Balaban J connectivity index is 2.39. The van der Waals surface area contributed by atoms with Crippen molar-refractivity contribution in [2.24, 2.45) is 0 Å². The summed E-state index contributed by atoms with van der Waals surface area (Å²) in [6.07, 6.45) is 1.87. The van der Waals surface area contributed by atoms with Crippen LogP contribution in [0.4, 0.5) is 5.69 Å². The van der Waals surface area contributed by atoms with Gasteiger partial charge in [0.1, 0.15) is 0 Å². The van der Waals surface area contributed by atoms with Gasteiger partial charge >= 0.3 is 5.97 Å². The van der Waals surface area contributed by atoms with E-state index < -0.39 is 5.97 Å². The van der Waals surface area contributed by atoms with Gasteiger partial charge in [0.25, 0.3) is 0 Å². The molecule has 19 heavy (non-hydrogen) atoms. The fourth-order valence-corrected chi connectivity index (χ4v) is 1.61. The first kappa shape index (κ1) is 14.9. The van der Waals surface area contributed by atoms with Gasteiger partial charge in [0.15, 0.2) is 0 Å². The van der Waals surface area contributed by atoms with Crippen molar-refractivity contribution >= 4 is 17.6 Å². The Morgan fingerprint density at radius 1 is 1.32 bits per heavy atom. The number of amides is 1. The van der Waals surface area contributed by atoms with Gasteiger partial charge in [-0.05, 0) is 12.1 Å². The monoisotopic (exact) mass is 262 g/mol. The average Bonchev–Trinajstić information content (AvgIpc) is 2.37. The van der Waals surface area contributed by atoms with Crippen molar-refractivity contribution in [2.45, 2.75) is 6.42 Å². The van der Waals surface area contributed by atoms with Crippen molar-refractivity contribution in [1.29, 1.82) is 0 Å². The third kappa shape index (κ3) is 6.38. The van der Waals surface area contributed by atoms with Gasteiger partial charge < -0.3 is 10.4 Å². The van der Waals surface area contributed by atoms with E-state index in [0.717, 1.165) is 5.69 Å². The number of nitrogens with zero attached hydrogens (tertiary/aromatic N) is 1. The van der Waals surface area contributed by atoms with E-state index in [-0.39, 0.29) is 18.9 Å². The van der Waals surface area contributed by atoms with Crippen LogP contribution in [0.2, 0.25) is 0 Å². The molecule has 0 aromatic heterocycles. The van der Waals surface area contributed by atoms with Crippen LogP contribution >= 0.6 is 0 Å². The summed E-state index contributed by atoms with van der Waals surface area (Å²) < 4.78 is 0. The maximum atomic E-state index is 11.7. The summed E-state index contributed by atoms with van der Waals surface area (Å²) in [5.41, 5.74) is 0.737. The first-order chi connectivity index (χ1) is 9.11. The van der Waals surface area contributed by atoms with Crippen LogP contribution in [0.3, 0.4) is 0 Å². The molecule has 1 rings (SSSR count). The van der Waals surface area contributed by atoms with Crippen LogP contribution in [0, 0.1) is 0 Å². The van der Waals surface area contributed by atoms with Crippen LogP contribution in [0.1, 0.15) is 6.42 Å². The Hall–Kier alpha value is -2.14. The fourth-order valence-electron chi connectivity index (χ4n) is 1.61. The molecular weight excluding hydrogens is 244 g/mol. The zero-order valence-electron chi connectivity index (χ0n) is 10.7. The standard InChI is InChI=1S/C14H18N2O3/c1-2-9-16(11-14(18)19)10-8-13(17)15-12-6-4-3-5-7-12/h2-7H,1,8-11H2,(H,15,17)(H,18,19). The molecule has 102 valence electrons. The van der Waals surface area contributed by atoms with E-state index in [0.29, 0.717) is 13.1 Å². The molecule has 0 atom stereocenters. The number of anilines is 1. The van der Waals surface area contributed by atoms with Crippen LogP contribution in [-0.4, -0.2) is 41.5 Å². The van der Waals surface area contributed by atoms with Crippen LogP contribution in [0.15, 0.2) is 43.0 Å². The van der Waals surface area contributed by atoms with E-state index in [1.54, 1.807) is 23.1 Å². The predicted octanol–water partition coefficient (Wildman–Crippen LogP) is 1.59. The lowest BCUT2D eigenvalue weighted by molar-refractivity contribution is -0.138. The van der Waals surface area contributed by atoms with Gasteiger partial charge in [-0.3, -0.25) is 14.5 Å². The molecule has 5 heteroatoms. The summed E-state index contributed by atoms with van der Waals surface area (Å²) >= 11 is 0. The molecule has 0 aliphatic heterocycles. The number of carbonyl (C=O) groups excluding carboxylic acids is 1. The molecule has 0 spiro atoms. The molecule has 0 heterocycles. The Kier molecular flexibility index (Phi) is 6.32.